The largest absolute Gasteiger partial charge is 0.379 e. The van der Waals surface area contributed by atoms with Crippen molar-refractivity contribution in [2.24, 2.45) is 0 Å². The molecule has 2 rings (SSSR count). The summed E-state index contributed by atoms with van der Waals surface area (Å²) < 4.78 is 5.48. The third-order valence-electron chi connectivity index (χ3n) is 5.13. The van der Waals surface area contributed by atoms with Crippen molar-refractivity contribution in [3.8, 4) is 0 Å². The van der Waals surface area contributed by atoms with Gasteiger partial charge in [-0.15, -0.1) is 0 Å². The minimum Gasteiger partial charge on any atom is -0.379 e. The molecule has 1 aliphatic heterocycles. The summed E-state index contributed by atoms with van der Waals surface area (Å²) in [5.41, 5.74) is 0.0639. The molecule has 1 saturated heterocycles. The van der Waals surface area contributed by atoms with Crippen molar-refractivity contribution < 1.29 is 14.3 Å². The zero-order chi connectivity index (χ0) is 18.1. The maximum Gasteiger partial charge on any atom is 0.314 e. The number of morpholine rings is 1. The average molecular weight is 354 g/mol. The Kier molecular flexibility index (Phi) is 7.96. The summed E-state index contributed by atoms with van der Waals surface area (Å²) in [4.78, 5) is 26.2. The highest BCUT2D eigenvalue weighted by molar-refractivity contribution is 5.78. The molecule has 144 valence electrons. The highest BCUT2D eigenvalue weighted by atomic mass is 16.5. The van der Waals surface area contributed by atoms with Crippen LogP contribution in [0.3, 0.4) is 0 Å². The second kappa shape index (κ2) is 9.97. The van der Waals surface area contributed by atoms with Gasteiger partial charge < -0.3 is 20.7 Å². The van der Waals surface area contributed by atoms with Gasteiger partial charge in [0.15, 0.2) is 0 Å². The van der Waals surface area contributed by atoms with Crippen molar-refractivity contribution in [1.82, 2.24) is 20.9 Å². The molecule has 7 nitrogen and oxygen atoms in total. The van der Waals surface area contributed by atoms with Crippen LogP contribution >= 0.6 is 0 Å². The lowest BCUT2D eigenvalue weighted by molar-refractivity contribution is -0.121. The minimum absolute atomic E-state index is 0.0348. The van der Waals surface area contributed by atoms with E-state index in [0.717, 1.165) is 39.1 Å². The van der Waals surface area contributed by atoms with Crippen LogP contribution in [0, 0.1) is 0 Å². The second-order valence-electron chi connectivity index (χ2n) is 7.47. The second-order valence-corrected chi connectivity index (χ2v) is 7.47. The normalized spacial score (nSPS) is 20.9. The van der Waals surface area contributed by atoms with Gasteiger partial charge in [-0.05, 0) is 26.7 Å². The summed E-state index contributed by atoms with van der Waals surface area (Å²) >= 11 is 0. The number of urea groups is 1. The van der Waals surface area contributed by atoms with Crippen molar-refractivity contribution >= 4 is 11.9 Å². The fraction of sp³-hybridized carbons (Fsp3) is 0.889. The first kappa shape index (κ1) is 20.0. The van der Waals surface area contributed by atoms with Crippen LogP contribution in [0.25, 0.3) is 0 Å². The fourth-order valence-corrected chi connectivity index (χ4v) is 3.84. The number of nitrogens with one attached hydrogen (secondary N) is 3. The number of nitrogens with zero attached hydrogens (tertiary/aromatic N) is 1. The molecule has 2 fully saturated rings. The maximum absolute atomic E-state index is 12.1. The molecule has 3 N–H and O–H groups in total. The topological polar surface area (TPSA) is 82.7 Å². The van der Waals surface area contributed by atoms with Crippen molar-refractivity contribution in [3.05, 3.63) is 0 Å². The van der Waals surface area contributed by atoms with E-state index in [2.05, 4.69) is 20.9 Å². The number of hydrogen-bond donors (Lipinski definition) is 3. The lowest BCUT2D eigenvalue weighted by Gasteiger charge is -2.48. The molecule has 0 aromatic rings. The molecule has 25 heavy (non-hydrogen) atoms. The molecule has 0 unspecified atom stereocenters. The Balaban J connectivity index is 1.75. The minimum atomic E-state index is -0.185. The first-order chi connectivity index (χ1) is 12.0. The van der Waals surface area contributed by atoms with Gasteiger partial charge in [-0.25, -0.2) is 4.79 Å². The van der Waals surface area contributed by atoms with Crippen LogP contribution in [0.4, 0.5) is 4.79 Å². The third kappa shape index (κ3) is 6.47. The van der Waals surface area contributed by atoms with E-state index in [0.29, 0.717) is 19.5 Å². The lowest BCUT2D eigenvalue weighted by Crippen LogP contribution is -2.60. The maximum atomic E-state index is 12.1. The van der Waals surface area contributed by atoms with Gasteiger partial charge in [0.2, 0.25) is 5.91 Å². The van der Waals surface area contributed by atoms with Crippen molar-refractivity contribution in [3.63, 3.8) is 0 Å². The Hall–Kier alpha value is -1.34. The zero-order valence-corrected chi connectivity index (χ0v) is 15.7. The van der Waals surface area contributed by atoms with Gasteiger partial charge in [0, 0.05) is 44.2 Å². The SMILES string of the molecule is CC(C)NC(=O)CCNC(=O)NCC1(N2CCOCC2)CCCCC1. The molecule has 7 heteroatoms. The monoisotopic (exact) mass is 354 g/mol. The standard InChI is InChI=1S/C18H34N4O3/c1-15(2)21-16(23)6-9-19-17(24)20-14-18(7-4-3-5-8-18)22-10-12-25-13-11-22/h15H,3-14H2,1-2H3,(H,21,23)(H2,19,20,24). The lowest BCUT2D eigenvalue weighted by atomic mass is 9.80. The van der Waals surface area contributed by atoms with E-state index < -0.39 is 0 Å². The number of hydrogen-bond acceptors (Lipinski definition) is 4. The predicted octanol–water partition coefficient (Wildman–Crippen LogP) is 1.24. The van der Waals surface area contributed by atoms with Gasteiger partial charge in [0.25, 0.3) is 0 Å². The number of amides is 3. The molecule has 1 saturated carbocycles. The van der Waals surface area contributed by atoms with Gasteiger partial charge >= 0.3 is 6.03 Å². The highest BCUT2D eigenvalue weighted by Crippen LogP contribution is 2.33. The van der Waals surface area contributed by atoms with Crippen LogP contribution < -0.4 is 16.0 Å². The average Bonchev–Trinajstić information content (AvgIpc) is 2.61. The van der Waals surface area contributed by atoms with Gasteiger partial charge in [0.1, 0.15) is 0 Å². The molecule has 0 spiro atoms. The molecule has 0 aromatic heterocycles. The van der Waals surface area contributed by atoms with E-state index in [9.17, 15) is 9.59 Å². The summed E-state index contributed by atoms with van der Waals surface area (Å²) in [6.07, 6.45) is 6.28. The van der Waals surface area contributed by atoms with Crippen LogP contribution in [0.5, 0.6) is 0 Å². The number of ether oxygens (including phenoxy) is 1. The summed E-state index contributed by atoms with van der Waals surface area (Å²) in [6.45, 7) is 8.31. The number of carbonyl (C=O) groups is 2. The first-order valence-corrected chi connectivity index (χ1v) is 9.66. The predicted molar refractivity (Wildman–Crippen MR) is 97.5 cm³/mol. The van der Waals surface area contributed by atoms with Crippen LogP contribution in [0.15, 0.2) is 0 Å². The Morgan fingerprint density at radius 3 is 2.40 bits per heavy atom. The molecule has 3 amide bonds. The fourth-order valence-electron chi connectivity index (χ4n) is 3.84. The third-order valence-corrected chi connectivity index (χ3v) is 5.13. The smallest absolute Gasteiger partial charge is 0.314 e. The quantitative estimate of drug-likeness (QED) is 0.642. The Morgan fingerprint density at radius 2 is 1.76 bits per heavy atom. The van der Waals surface area contributed by atoms with Crippen LogP contribution in [0.1, 0.15) is 52.4 Å². The van der Waals surface area contributed by atoms with Gasteiger partial charge in [-0.3, -0.25) is 9.69 Å². The van der Waals surface area contributed by atoms with Crippen molar-refractivity contribution in [2.75, 3.05) is 39.4 Å². The Morgan fingerprint density at radius 1 is 1.08 bits per heavy atom. The van der Waals surface area contributed by atoms with Gasteiger partial charge in [-0.2, -0.15) is 0 Å². The van der Waals surface area contributed by atoms with E-state index >= 15 is 0 Å². The van der Waals surface area contributed by atoms with E-state index in [1.807, 2.05) is 13.8 Å². The first-order valence-electron chi connectivity index (χ1n) is 9.66. The molecule has 1 aliphatic carbocycles. The Bertz CT molecular complexity index is 430. The van der Waals surface area contributed by atoms with E-state index in [1.165, 1.54) is 19.3 Å². The Labute approximate surface area is 151 Å². The number of rotatable bonds is 7. The summed E-state index contributed by atoms with van der Waals surface area (Å²) in [5.74, 6) is -0.0348. The summed E-state index contributed by atoms with van der Waals surface area (Å²) in [7, 11) is 0. The zero-order valence-electron chi connectivity index (χ0n) is 15.7. The highest BCUT2D eigenvalue weighted by Gasteiger charge is 2.38. The molecule has 0 radical (unpaired) electrons. The molecule has 0 bridgehead atoms. The molecule has 0 aromatic carbocycles. The molecular formula is C18H34N4O3. The van der Waals surface area contributed by atoms with Gasteiger partial charge in [-0.1, -0.05) is 19.3 Å². The van der Waals surface area contributed by atoms with E-state index in [-0.39, 0.29) is 23.5 Å². The van der Waals surface area contributed by atoms with E-state index in [4.69, 9.17) is 4.74 Å². The van der Waals surface area contributed by atoms with Crippen molar-refractivity contribution in [2.45, 2.75) is 64.0 Å². The molecule has 2 aliphatic rings. The van der Waals surface area contributed by atoms with Gasteiger partial charge in [0.05, 0.1) is 13.2 Å². The van der Waals surface area contributed by atoms with Crippen LogP contribution in [-0.2, 0) is 9.53 Å². The van der Waals surface area contributed by atoms with Crippen LogP contribution in [0.2, 0.25) is 0 Å². The van der Waals surface area contributed by atoms with E-state index in [1.54, 1.807) is 0 Å². The molecule has 0 atom stereocenters. The van der Waals surface area contributed by atoms with Crippen LogP contribution in [-0.4, -0.2) is 67.8 Å². The molecule has 1 heterocycles. The summed E-state index contributed by atoms with van der Waals surface area (Å²) in [5, 5.41) is 8.65. The summed E-state index contributed by atoms with van der Waals surface area (Å²) in [6, 6.07) is -0.0587. The van der Waals surface area contributed by atoms with Crippen molar-refractivity contribution in [1.29, 1.82) is 0 Å². The number of carbonyl (C=O) groups excluding carboxylic acids is 2. The molecular weight excluding hydrogens is 320 g/mol.